The van der Waals surface area contributed by atoms with Crippen LogP contribution < -0.4 is 11.1 Å². The number of nitrogens with zero attached hydrogens (tertiary/aromatic N) is 2. The summed E-state index contributed by atoms with van der Waals surface area (Å²) < 4.78 is 0. The van der Waals surface area contributed by atoms with E-state index >= 15 is 0 Å². The van der Waals surface area contributed by atoms with E-state index in [-0.39, 0.29) is 0 Å². The Morgan fingerprint density at radius 2 is 2.10 bits per heavy atom. The average Bonchev–Trinajstić information content (AvgIpc) is 2.43. The number of benzene rings is 1. The van der Waals surface area contributed by atoms with E-state index < -0.39 is 0 Å². The Morgan fingerprint density at radius 3 is 2.80 bits per heavy atom. The highest BCUT2D eigenvalue weighted by Crippen LogP contribution is 2.22. The largest absolute Gasteiger partial charge is 0.395 e. The van der Waals surface area contributed by atoms with Crippen LogP contribution in [0, 0.1) is 11.3 Å². The summed E-state index contributed by atoms with van der Waals surface area (Å²) in [5.74, 6) is 0.508. The van der Waals surface area contributed by atoms with Gasteiger partial charge in [-0.3, -0.25) is 0 Å². The number of hydrogen-bond donors (Lipinski definition) is 2. The number of hydrogen-bond acceptors (Lipinski definition) is 4. The minimum atomic E-state index is 0.359. The van der Waals surface area contributed by atoms with Crippen LogP contribution in [0.25, 0.3) is 0 Å². The zero-order chi connectivity index (χ0) is 14.5. The fourth-order valence-electron chi connectivity index (χ4n) is 1.75. The van der Waals surface area contributed by atoms with Crippen LogP contribution in [-0.4, -0.2) is 11.5 Å². The molecule has 0 saturated carbocycles. The van der Waals surface area contributed by atoms with Crippen molar-refractivity contribution >= 4 is 34.7 Å². The Hall–Kier alpha value is -1.96. The van der Waals surface area contributed by atoms with Crippen LogP contribution in [0.3, 0.4) is 0 Å². The molecule has 0 aliphatic heterocycles. The molecular formula is C14H12Cl2N4. The molecule has 6 heteroatoms. The quantitative estimate of drug-likeness (QED) is 0.906. The Labute approximate surface area is 127 Å². The maximum atomic E-state index is 8.89. The lowest BCUT2D eigenvalue weighted by molar-refractivity contribution is 1.01. The van der Waals surface area contributed by atoms with Gasteiger partial charge >= 0.3 is 0 Å². The monoisotopic (exact) mass is 306 g/mol. The fourth-order valence-corrected chi connectivity index (χ4v) is 2.25. The Balaban J connectivity index is 2.02. The lowest BCUT2D eigenvalue weighted by atomic mass is 10.1. The molecule has 1 aromatic heterocycles. The van der Waals surface area contributed by atoms with Gasteiger partial charge in [-0.05, 0) is 30.2 Å². The van der Waals surface area contributed by atoms with E-state index in [1.807, 2.05) is 12.1 Å². The highest BCUT2D eigenvalue weighted by atomic mass is 35.5. The van der Waals surface area contributed by atoms with Gasteiger partial charge in [-0.1, -0.05) is 29.3 Å². The molecule has 0 spiro atoms. The first-order valence-corrected chi connectivity index (χ1v) is 6.70. The first-order chi connectivity index (χ1) is 9.61. The number of nitrogens with two attached hydrogens (primary N) is 1. The van der Waals surface area contributed by atoms with E-state index in [4.69, 9.17) is 34.2 Å². The van der Waals surface area contributed by atoms with Gasteiger partial charge < -0.3 is 11.1 Å². The summed E-state index contributed by atoms with van der Waals surface area (Å²) in [6.45, 7) is 0.605. The number of halogens is 2. The number of rotatable bonds is 4. The number of pyridine rings is 1. The zero-order valence-electron chi connectivity index (χ0n) is 10.5. The van der Waals surface area contributed by atoms with Gasteiger partial charge in [0.25, 0.3) is 0 Å². The lowest BCUT2D eigenvalue weighted by Gasteiger charge is -2.09. The number of aromatic nitrogens is 1. The van der Waals surface area contributed by atoms with Gasteiger partial charge in [0.05, 0.1) is 11.3 Å². The topological polar surface area (TPSA) is 74.7 Å². The predicted molar refractivity (Wildman–Crippen MR) is 82.0 cm³/mol. The van der Waals surface area contributed by atoms with Gasteiger partial charge in [-0.25, -0.2) is 4.98 Å². The molecule has 0 unspecified atom stereocenters. The molecule has 0 aliphatic carbocycles. The third kappa shape index (κ3) is 3.32. The standard InChI is InChI=1S/C14H12Cl2N4/c15-11-2-1-9(12(16)7-11)3-5-19-14-13(18)10(8-17)4-6-20-14/h1-2,4,6-7H,3,5,18H2,(H,19,20). The van der Waals surface area contributed by atoms with Crippen molar-refractivity contribution in [1.82, 2.24) is 4.98 Å². The molecule has 4 nitrogen and oxygen atoms in total. The van der Waals surface area contributed by atoms with Gasteiger partial charge in [-0.2, -0.15) is 5.26 Å². The molecule has 2 rings (SSSR count). The van der Waals surface area contributed by atoms with Crippen molar-refractivity contribution in [1.29, 1.82) is 5.26 Å². The van der Waals surface area contributed by atoms with Gasteiger partial charge in [0, 0.05) is 22.8 Å². The van der Waals surface area contributed by atoms with Crippen LogP contribution in [0.4, 0.5) is 11.5 Å². The smallest absolute Gasteiger partial charge is 0.150 e. The molecular weight excluding hydrogens is 295 g/mol. The van der Waals surface area contributed by atoms with E-state index in [0.29, 0.717) is 40.1 Å². The summed E-state index contributed by atoms with van der Waals surface area (Å²) in [5.41, 5.74) is 7.58. The fraction of sp³-hybridized carbons (Fsp3) is 0.143. The minimum absolute atomic E-state index is 0.359. The summed E-state index contributed by atoms with van der Waals surface area (Å²) in [6.07, 6.45) is 2.25. The maximum Gasteiger partial charge on any atom is 0.150 e. The lowest BCUT2D eigenvalue weighted by Crippen LogP contribution is -2.09. The molecule has 102 valence electrons. The van der Waals surface area contributed by atoms with E-state index in [0.717, 1.165) is 5.56 Å². The molecule has 1 heterocycles. The zero-order valence-corrected chi connectivity index (χ0v) is 12.0. The summed E-state index contributed by atoms with van der Waals surface area (Å²) in [6, 6.07) is 8.99. The molecule has 3 N–H and O–H groups in total. The van der Waals surface area contributed by atoms with Crippen LogP contribution in [-0.2, 0) is 6.42 Å². The molecule has 0 radical (unpaired) electrons. The van der Waals surface area contributed by atoms with Gasteiger partial charge in [0.1, 0.15) is 6.07 Å². The van der Waals surface area contributed by atoms with Crippen molar-refractivity contribution in [3.05, 3.63) is 51.6 Å². The maximum absolute atomic E-state index is 8.89. The summed E-state index contributed by atoms with van der Waals surface area (Å²) >= 11 is 11.9. The second-order valence-electron chi connectivity index (χ2n) is 4.15. The highest BCUT2D eigenvalue weighted by molar-refractivity contribution is 6.35. The first kappa shape index (κ1) is 14.4. The van der Waals surface area contributed by atoms with Crippen LogP contribution in [0.1, 0.15) is 11.1 Å². The van der Waals surface area contributed by atoms with Crippen molar-refractivity contribution < 1.29 is 0 Å². The molecule has 0 bridgehead atoms. The third-order valence-corrected chi connectivity index (χ3v) is 3.40. The number of nitrogens with one attached hydrogen (secondary N) is 1. The molecule has 2 aromatic rings. The number of nitriles is 1. The number of anilines is 2. The van der Waals surface area contributed by atoms with Crippen LogP contribution in [0.15, 0.2) is 30.5 Å². The van der Waals surface area contributed by atoms with Crippen molar-refractivity contribution in [3.63, 3.8) is 0 Å². The van der Waals surface area contributed by atoms with Crippen molar-refractivity contribution in [3.8, 4) is 6.07 Å². The van der Waals surface area contributed by atoms with Crippen LogP contribution in [0.2, 0.25) is 10.0 Å². The Bertz CT molecular complexity index is 665. The van der Waals surface area contributed by atoms with E-state index in [1.165, 1.54) is 0 Å². The molecule has 1 aromatic carbocycles. The van der Waals surface area contributed by atoms with E-state index in [9.17, 15) is 0 Å². The molecule has 0 fully saturated rings. The second-order valence-corrected chi connectivity index (χ2v) is 4.99. The summed E-state index contributed by atoms with van der Waals surface area (Å²) in [4.78, 5) is 4.11. The molecule has 0 atom stereocenters. The van der Waals surface area contributed by atoms with Crippen LogP contribution in [0.5, 0.6) is 0 Å². The van der Waals surface area contributed by atoms with Gasteiger partial charge in [0.15, 0.2) is 5.82 Å². The average molecular weight is 307 g/mol. The van der Waals surface area contributed by atoms with Crippen molar-refractivity contribution in [2.24, 2.45) is 0 Å². The van der Waals surface area contributed by atoms with Crippen molar-refractivity contribution in [2.75, 3.05) is 17.6 Å². The summed E-state index contributed by atoms with van der Waals surface area (Å²) in [7, 11) is 0. The second kappa shape index (κ2) is 6.47. The van der Waals surface area contributed by atoms with Gasteiger partial charge in [0.2, 0.25) is 0 Å². The van der Waals surface area contributed by atoms with Crippen LogP contribution >= 0.6 is 23.2 Å². The SMILES string of the molecule is N#Cc1ccnc(NCCc2ccc(Cl)cc2Cl)c1N. The van der Waals surface area contributed by atoms with Crippen molar-refractivity contribution in [2.45, 2.75) is 6.42 Å². The normalized spacial score (nSPS) is 10.1. The van der Waals surface area contributed by atoms with E-state index in [1.54, 1.807) is 24.4 Å². The summed E-state index contributed by atoms with van der Waals surface area (Å²) in [5, 5.41) is 13.2. The third-order valence-electron chi connectivity index (χ3n) is 2.81. The minimum Gasteiger partial charge on any atom is -0.395 e. The Morgan fingerprint density at radius 1 is 1.30 bits per heavy atom. The van der Waals surface area contributed by atoms with Gasteiger partial charge in [-0.15, -0.1) is 0 Å². The van der Waals surface area contributed by atoms with E-state index in [2.05, 4.69) is 10.3 Å². The molecule has 0 aliphatic rings. The molecule has 20 heavy (non-hydrogen) atoms. The Kier molecular flexibility index (Phi) is 4.67. The molecule has 0 saturated heterocycles. The highest BCUT2D eigenvalue weighted by Gasteiger charge is 2.06. The first-order valence-electron chi connectivity index (χ1n) is 5.94. The predicted octanol–water partition coefficient (Wildman–Crippen LogP) is 3.50. The molecule has 0 amide bonds. The number of nitrogen functional groups attached to an aromatic ring is 1.